The molecule has 0 fully saturated rings. The average molecular weight is 451 g/mol. The molecule has 2 aromatic carbocycles. The van der Waals surface area contributed by atoms with Crippen LogP contribution in [0, 0.1) is 0 Å². The molecule has 0 bridgehead atoms. The van der Waals surface area contributed by atoms with E-state index >= 15 is 0 Å². The fraction of sp³-hybridized carbons (Fsp3) is 0.105. The zero-order valence-corrected chi connectivity index (χ0v) is 17.2. The van der Waals surface area contributed by atoms with Crippen LogP contribution in [0.3, 0.4) is 0 Å². The molecule has 0 atom stereocenters. The number of anilines is 1. The molecule has 29 heavy (non-hydrogen) atoms. The summed E-state index contributed by atoms with van der Waals surface area (Å²) >= 11 is 6.77. The van der Waals surface area contributed by atoms with Gasteiger partial charge in [-0.15, -0.1) is 11.3 Å². The van der Waals surface area contributed by atoms with E-state index in [0.29, 0.717) is 15.8 Å². The molecule has 0 unspecified atom stereocenters. The Kier molecular flexibility index (Phi) is 5.35. The SMILES string of the molecule is O=C(NCc1ccc2c(c1)OCO2)c1ccccc1NS(=O)(=O)c1ccc(Cl)s1. The maximum absolute atomic E-state index is 12.7. The molecule has 10 heteroatoms. The molecule has 1 aliphatic heterocycles. The number of thiophene rings is 1. The molecule has 1 amide bonds. The highest BCUT2D eigenvalue weighted by Crippen LogP contribution is 2.32. The number of nitrogens with one attached hydrogen (secondary N) is 2. The van der Waals surface area contributed by atoms with E-state index in [2.05, 4.69) is 10.0 Å². The van der Waals surface area contributed by atoms with Gasteiger partial charge in [-0.1, -0.05) is 29.8 Å². The third-order valence-electron chi connectivity index (χ3n) is 4.12. The van der Waals surface area contributed by atoms with Gasteiger partial charge in [-0.3, -0.25) is 9.52 Å². The molecule has 0 aliphatic carbocycles. The fourth-order valence-electron chi connectivity index (χ4n) is 2.74. The monoisotopic (exact) mass is 450 g/mol. The van der Waals surface area contributed by atoms with Crippen molar-refractivity contribution in [2.45, 2.75) is 10.8 Å². The summed E-state index contributed by atoms with van der Waals surface area (Å²) in [6.07, 6.45) is 0. The molecule has 4 rings (SSSR count). The number of rotatable bonds is 6. The lowest BCUT2D eigenvalue weighted by molar-refractivity contribution is 0.0951. The molecule has 0 spiro atoms. The van der Waals surface area contributed by atoms with Crippen molar-refractivity contribution in [3.8, 4) is 11.5 Å². The molecule has 7 nitrogen and oxygen atoms in total. The first-order valence-electron chi connectivity index (χ1n) is 8.46. The molecular weight excluding hydrogens is 436 g/mol. The number of amides is 1. The van der Waals surface area contributed by atoms with Crippen molar-refractivity contribution < 1.29 is 22.7 Å². The number of sulfonamides is 1. The molecular formula is C19H15ClN2O5S2. The summed E-state index contributed by atoms with van der Waals surface area (Å²) < 4.78 is 38.6. The van der Waals surface area contributed by atoms with Crippen molar-refractivity contribution in [2.75, 3.05) is 11.5 Å². The summed E-state index contributed by atoms with van der Waals surface area (Å²) in [5, 5.41) is 2.79. The van der Waals surface area contributed by atoms with Gasteiger partial charge in [-0.2, -0.15) is 0 Å². The Hall–Kier alpha value is -2.75. The van der Waals surface area contributed by atoms with Crippen LogP contribution in [0.25, 0.3) is 0 Å². The van der Waals surface area contributed by atoms with Gasteiger partial charge in [0.05, 0.1) is 15.6 Å². The van der Waals surface area contributed by atoms with Crippen molar-refractivity contribution in [3.63, 3.8) is 0 Å². The molecule has 2 heterocycles. The fourth-order valence-corrected chi connectivity index (χ4v) is 5.30. The number of fused-ring (bicyclic) bond motifs is 1. The normalized spacial score (nSPS) is 12.6. The van der Waals surface area contributed by atoms with Crippen LogP contribution in [0.5, 0.6) is 11.5 Å². The van der Waals surface area contributed by atoms with Gasteiger partial charge in [0.1, 0.15) is 4.21 Å². The first-order chi connectivity index (χ1) is 13.9. The smallest absolute Gasteiger partial charge is 0.271 e. The third-order valence-corrected chi connectivity index (χ3v) is 7.21. The summed E-state index contributed by atoms with van der Waals surface area (Å²) in [5.41, 5.74) is 1.22. The van der Waals surface area contributed by atoms with E-state index in [-0.39, 0.29) is 28.8 Å². The zero-order valence-electron chi connectivity index (χ0n) is 14.8. The Labute approximate surface area is 176 Å². The molecule has 1 aliphatic rings. The van der Waals surface area contributed by atoms with Crippen molar-refractivity contribution in [1.82, 2.24) is 5.32 Å². The van der Waals surface area contributed by atoms with Crippen LogP contribution >= 0.6 is 22.9 Å². The van der Waals surface area contributed by atoms with Crippen LogP contribution in [0.1, 0.15) is 15.9 Å². The number of benzene rings is 2. The van der Waals surface area contributed by atoms with E-state index in [1.165, 1.54) is 18.2 Å². The molecule has 1 aromatic heterocycles. The van der Waals surface area contributed by atoms with Gasteiger partial charge in [0.15, 0.2) is 11.5 Å². The van der Waals surface area contributed by atoms with Crippen molar-refractivity contribution in [3.05, 3.63) is 70.1 Å². The number of para-hydroxylation sites is 1. The van der Waals surface area contributed by atoms with E-state index < -0.39 is 15.9 Å². The highest BCUT2D eigenvalue weighted by atomic mass is 35.5. The first-order valence-corrected chi connectivity index (χ1v) is 11.1. The second-order valence-electron chi connectivity index (χ2n) is 6.08. The number of ether oxygens (including phenoxy) is 2. The number of hydrogen-bond donors (Lipinski definition) is 2. The van der Waals surface area contributed by atoms with Crippen LogP contribution in [0.4, 0.5) is 5.69 Å². The minimum atomic E-state index is -3.85. The lowest BCUT2D eigenvalue weighted by atomic mass is 10.1. The Balaban J connectivity index is 1.49. The maximum atomic E-state index is 12.7. The van der Waals surface area contributed by atoms with Crippen LogP contribution in [0.2, 0.25) is 4.34 Å². The van der Waals surface area contributed by atoms with E-state index in [0.717, 1.165) is 16.9 Å². The Morgan fingerprint density at radius 1 is 1.07 bits per heavy atom. The molecule has 0 saturated carbocycles. The van der Waals surface area contributed by atoms with Crippen LogP contribution in [-0.2, 0) is 16.6 Å². The van der Waals surface area contributed by atoms with Gasteiger partial charge in [0.25, 0.3) is 15.9 Å². The highest BCUT2D eigenvalue weighted by molar-refractivity contribution is 7.94. The predicted octanol–water partition coefficient (Wildman–Crippen LogP) is 3.86. The molecule has 150 valence electrons. The summed E-state index contributed by atoms with van der Waals surface area (Å²) in [6, 6.07) is 14.7. The molecule has 3 aromatic rings. The predicted molar refractivity (Wildman–Crippen MR) is 110 cm³/mol. The second kappa shape index (κ2) is 7.94. The summed E-state index contributed by atoms with van der Waals surface area (Å²) in [7, 11) is -3.85. The lowest BCUT2D eigenvalue weighted by Gasteiger charge is -2.12. The summed E-state index contributed by atoms with van der Waals surface area (Å²) in [4.78, 5) is 12.7. The summed E-state index contributed by atoms with van der Waals surface area (Å²) in [6.45, 7) is 0.422. The van der Waals surface area contributed by atoms with Crippen LogP contribution < -0.4 is 19.5 Å². The van der Waals surface area contributed by atoms with Crippen LogP contribution in [0.15, 0.2) is 58.8 Å². The van der Waals surface area contributed by atoms with Gasteiger partial charge < -0.3 is 14.8 Å². The Morgan fingerprint density at radius 3 is 2.66 bits per heavy atom. The lowest BCUT2D eigenvalue weighted by Crippen LogP contribution is -2.24. The molecule has 0 radical (unpaired) electrons. The molecule has 0 saturated heterocycles. The van der Waals surface area contributed by atoms with Crippen molar-refractivity contribution in [1.29, 1.82) is 0 Å². The van der Waals surface area contributed by atoms with E-state index in [1.807, 2.05) is 6.07 Å². The Morgan fingerprint density at radius 2 is 1.86 bits per heavy atom. The zero-order chi connectivity index (χ0) is 20.4. The van der Waals surface area contributed by atoms with Crippen LogP contribution in [-0.4, -0.2) is 21.1 Å². The number of hydrogen-bond acceptors (Lipinski definition) is 6. The van der Waals surface area contributed by atoms with Gasteiger partial charge in [-0.25, -0.2) is 8.42 Å². The summed E-state index contributed by atoms with van der Waals surface area (Å²) in [5.74, 6) is 0.873. The van der Waals surface area contributed by atoms with E-state index in [1.54, 1.807) is 30.3 Å². The van der Waals surface area contributed by atoms with E-state index in [4.69, 9.17) is 21.1 Å². The largest absolute Gasteiger partial charge is 0.454 e. The highest BCUT2D eigenvalue weighted by Gasteiger charge is 2.20. The minimum absolute atomic E-state index is 0.0677. The third kappa shape index (κ3) is 4.31. The average Bonchev–Trinajstić information content (AvgIpc) is 3.35. The van der Waals surface area contributed by atoms with Gasteiger partial charge in [0.2, 0.25) is 6.79 Å². The number of halogens is 1. The quantitative estimate of drug-likeness (QED) is 0.594. The Bertz CT molecular complexity index is 1180. The van der Waals surface area contributed by atoms with Gasteiger partial charge >= 0.3 is 0 Å². The number of carbonyl (C=O) groups is 1. The maximum Gasteiger partial charge on any atom is 0.271 e. The van der Waals surface area contributed by atoms with Gasteiger partial charge in [-0.05, 0) is 42.0 Å². The van der Waals surface area contributed by atoms with Crippen molar-refractivity contribution >= 4 is 44.6 Å². The minimum Gasteiger partial charge on any atom is -0.454 e. The number of carbonyl (C=O) groups excluding carboxylic acids is 1. The second-order valence-corrected chi connectivity index (χ2v) is 9.70. The standard InChI is InChI=1S/C19H15ClN2O5S2/c20-17-7-8-18(28-17)29(24,25)22-14-4-2-1-3-13(14)19(23)21-10-12-5-6-15-16(9-12)27-11-26-15/h1-9,22H,10-11H2,(H,21,23). The topological polar surface area (TPSA) is 93.7 Å². The first kappa shape index (κ1) is 19.6. The van der Waals surface area contributed by atoms with Crippen molar-refractivity contribution in [2.24, 2.45) is 0 Å². The molecule has 2 N–H and O–H groups in total. The van der Waals surface area contributed by atoms with E-state index in [9.17, 15) is 13.2 Å². The van der Waals surface area contributed by atoms with Gasteiger partial charge in [0, 0.05) is 6.54 Å².